The van der Waals surface area contributed by atoms with Crippen molar-refractivity contribution in [2.45, 2.75) is 90.1 Å². The second kappa shape index (κ2) is 14.5. The summed E-state index contributed by atoms with van der Waals surface area (Å²) in [7, 11) is 0. The molecule has 2 amide bonds. The molecule has 0 aliphatic carbocycles. The van der Waals surface area contributed by atoms with E-state index in [1.807, 2.05) is 18.2 Å². The van der Waals surface area contributed by atoms with E-state index in [4.69, 9.17) is 0 Å². The van der Waals surface area contributed by atoms with Gasteiger partial charge in [-0.05, 0) is 100 Å². The van der Waals surface area contributed by atoms with Gasteiger partial charge in [0.05, 0.1) is 6.04 Å². The van der Waals surface area contributed by atoms with E-state index in [9.17, 15) is 18.7 Å². The normalized spacial score (nSPS) is 14.7. The predicted molar refractivity (Wildman–Crippen MR) is 191 cm³/mol. The number of phenolic OH excluding ortho intramolecular Hbond substituents is 1. The largest absolute Gasteiger partial charge is 0.507 e. The van der Waals surface area contributed by atoms with Crippen molar-refractivity contribution in [2.75, 3.05) is 18.4 Å². The van der Waals surface area contributed by atoms with Gasteiger partial charge in [0.1, 0.15) is 17.4 Å². The standard InChI is InChI=1S/C41H49F2N3O2/c1-40(2,3)34-25-27(26-35(38(34)47)41(4,5)6)11-12-28-9-7-8-10-36(28)45-39(48)44-33-21-23-46(24-22-33)37(29-13-17-31(42)18-14-29)30-15-19-32(43)20-16-30/h7-10,13-20,25-26,33,37,47H,11-12,21-24H2,1-6H3,(H2,44,45,48). The zero-order valence-electron chi connectivity index (χ0n) is 29.0. The Kier molecular flexibility index (Phi) is 10.6. The number of benzene rings is 4. The lowest BCUT2D eigenvalue weighted by Gasteiger charge is -2.38. The number of carbonyl (C=O) groups excluding carboxylic acids is 1. The molecule has 5 rings (SSSR count). The number of amides is 2. The summed E-state index contributed by atoms with van der Waals surface area (Å²) in [6.07, 6.45) is 3.01. The number of hydrogen-bond donors (Lipinski definition) is 3. The fraction of sp³-hybridized carbons (Fsp3) is 0.390. The Morgan fingerprint density at radius 3 is 1.79 bits per heavy atom. The van der Waals surface area contributed by atoms with E-state index in [0.29, 0.717) is 5.75 Å². The Morgan fingerprint density at radius 2 is 1.29 bits per heavy atom. The third-order valence-electron chi connectivity index (χ3n) is 9.34. The number of urea groups is 1. The van der Waals surface area contributed by atoms with Crippen molar-refractivity contribution in [1.29, 1.82) is 0 Å². The van der Waals surface area contributed by atoms with Crippen molar-refractivity contribution < 1.29 is 18.7 Å². The van der Waals surface area contributed by atoms with Gasteiger partial charge in [-0.2, -0.15) is 0 Å². The summed E-state index contributed by atoms with van der Waals surface area (Å²) < 4.78 is 27.4. The molecule has 0 spiro atoms. The van der Waals surface area contributed by atoms with Crippen molar-refractivity contribution in [3.05, 3.63) is 130 Å². The highest BCUT2D eigenvalue weighted by molar-refractivity contribution is 5.90. The zero-order valence-corrected chi connectivity index (χ0v) is 29.0. The first-order chi connectivity index (χ1) is 22.7. The lowest BCUT2D eigenvalue weighted by atomic mass is 9.78. The Balaban J connectivity index is 1.22. The Bertz CT molecular complexity index is 1620. The molecule has 7 heteroatoms. The monoisotopic (exact) mass is 653 g/mol. The lowest BCUT2D eigenvalue weighted by molar-refractivity contribution is 0.164. The quantitative estimate of drug-likeness (QED) is 0.178. The molecule has 1 saturated heterocycles. The third kappa shape index (κ3) is 8.62. The Morgan fingerprint density at radius 1 is 0.792 bits per heavy atom. The van der Waals surface area contributed by atoms with E-state index in [1.165, 1.54) is 24.3 Å². The van der Waals surface area contributed by atoms with Gasteiger partial charge in [-0.3, -0.25) is 4.90 Å². The van der Waals surface area contributed by atoms with Crippen LogP contribution in [0.2, 0.25) is 0 Å². The number of halogens is 2. The van der Waals surface area contributed by atoms with Crippen LogP contribution >= 0.6 is 0 Å². The third-order valence-corrected chi connectivity index (χ3v) is 9.34. The highest BCUT2D eigenvalue weighted by atomic mass is 19.1. The average Bonchev–Trinajstić information content (AvgIpc) is 3.03. The molecule has 1 aliphatic rings. The SMILES string of the molecule is CC(C)(C)c1cc(CCc2ccccc2NC(=O)NC2CCN(C(c3ccc(F)cc3)c3ccc(F)cc3)CC2)cc(C(C)(C)C)c1O. The van der Waals surface area contributed by atoms with Gasteiger partial charge >= 0.3 is 6.03 Å². The maximum absolute atomic E-state index is 13.7. The van der Waals surface area contributed by atoms with Crippen molar-refractivity contribution >= 4 is 11.7 Å². The minimum atomic E-state index is -0.295. The molecule has 48 heavy (non-hydrogen) atoms. The summed E-state index contributed by atoms with van der Waals surface area (Å²) in [6.45, 7) is 14.2. The molecule has 0 aromatic heterocycles. The predicted octanol–water partition coefficient (Wildman–Crippen LogP) is 9.43. The molecule has 0 saturated carbocycles. The number of nitrogens with zero attached hydrogens (tertiary/aromatic N) is 1. The van der Waals surface area contributed by atoms with Crippen LogP contribution in [0.5, 0.6) is 5.75 Å². The minimum absolute atomic E-state index is 0.000803. The van der Waals surface area contributed by atoms with Gasteiger partial charge in [-0.1, -0.05) is 96.1 Å². The van der Waals surface area contributed by atoms with Gasteiger partial charge in [-0.25, -0.2) is 13.6 Å². The van der Waals surface area contributed by atoms with Gasteiger partial charge in [0.15, 0.2) is 0 Å². The van der Waals surface area contributed by atoms with Crippen LogP contribution in [-0.4, -0.2) is 35.2 Å². The number of hydrogen-bond acceptors (Lipinski definition) is 3. The van der Waals surface area contributed by atoms with Crippen LogP contribution in [0.4, 0.5) is 19.3 Å². The lowest BCUT2D eigenvalue weighted by Crippen LogP contribution is -2.47. The van der Waals surface area contributed by atoms with Crippen LogP contribution < -0.4 is 10.6 Å². The zero-order chi connectivity index (χ0) is 34.6. The average molecular weight is 654 g/mol. The van der Waals surface area contributed by atoms with Crippen molar-refractivity contribution in [3.63, 3.8) is 0 Å². The van der Waals surface area contributed by atoms with E-state index in [1.54, 1.807) is 24.3 Å². The number of aromatic hydroxyl groups is 1. The molecule has 0 bridgehead atoms. The summed E-state index contributed by atoms with van der Waals surface area (Å²) in [5.74, 6) is -0.210. The van der Waals surface area contributed by atoms with Crippen LogP contribution in [0.1, 0.15) is 93.8 Å². The van der Waals surface area contributed by atoms with Gasteiger partial charge in [-0.15, -0.1) is 0 Å². The summed E-state index contributed by atoms with van der Waals surface area (Å²) >= 11 is 0. The van der Waals surface area contributed by atoms with E-state index in [2.05, 4.69) is 75.3 Å². The number of para-hydroxylation sites is 1. The van der Waals surface area contributed by atoms with Crippen molar-refractivity contribution in [3.8, 4) is 5.75 Å². The second-order valence-corrected chi connectivity index (χ2v) is 15.1. The number of piperidine rings is 1. The van der Waals surface area contributed by atoms with Gasteiger partial charge in [0.25, 0.3) is 0 Å². The molecule has 0 radical (unpaired) electrons. The number of aryl methyl sites for hydroxylation is 2. The number of carbonyl (C=O) groups is 1. The first-order valence-corrected chi connectivity index (χ1v) is 17.0. The smallest absolute Gasteiger partial charge is 0.319 e. The number of nitrogens with one attached hydrogen (secondary N) is 2. The molecular weight excluding hydrogens is 604 g/mol. The summed E-state index contributed by atoms with van der Waals surface area (Å²) in [4.78, 5) is 15.6. The molecule has 1 aliphatic heterocycles. The molecule has 0 atom stereocenters. The van der Waals surface area contributed by atoms with Crippen LogP contribution in [0.25, 0.3) is 0 Å². The summed E-state index contributed by atoms with van der Waals surface area (Å²) in [6, 6.07) is 24.7. The van der Waals surface area contributed by atoms with Crippen molar-refractivity contribution in [2.24, 2.45) is 0 Å². The number of likely N-dealkylation sites (tertiary alicyclic amines) is 1. The Labute approximate surface area is 284 Å². The molecule has 254 valence electrons. The second-order valence-electron chi connectivity index (χ2n) is 15.1. The van der Waals surface area contributed by atoms with E-state index >= 15 is 0 Å². The summed E-state index contributed by atoms with van der Waals surface area (Å²) in [5.41, 5.74) is 6.38. The number of phenols is 1. The fourth-order valence-corrected chi connectivity index (χ4v) is 6.67. The van der Waals surface area contributed by atoms with Crippen LogP contribution in [0.3, 0.4) is 0 Å². The fourth-order valence-electron chi connectivity index (χ4n) is 6.67. The highest BCUT2D eigenvalue weighted by Crippen LogP contribution is 2.40. The maximum atomic E-state index is 13.7. The molecule has 1 fully saturated rings. The topological polar surface area (TPSA) is 64.6 Å². The minimum Gasteiger partial charge on any atom is -0.507 e. The molecule has 0 unspecified atom stereocenters. The van der Waals surface area contributed by atoms with Crippen LogP contribution in [0.15, 0.2) is 84.9 Å². The number of rotatable bonds is 8. The van der Waals surface area contributed by atoms with E-state index in [0.717, 1.165) is 77.8 Å². The van der Waals surface area contributed by atoms with E-state index in [-0.39, 0.29) is 40.6 Å². The highest BCUT2D eigenvalue weighted by Gasteiger charge is 2.29. The first-order valence-electron chi connectivity index (χ1n) is 17.0. The molecule has 3 N–H and O–H groups in total. The molecule has 1 heterocycles. The molecule has 4 aromatic rings. The van der Waals surface area contributed by atoms with E-state index < -0.39 is 0 Å². The summed E-state index contributed by atoms with van der Waals surface area (Å²) in [5, 5.41) is 17.4. The number of anilines is 1. The molecule has 4 aromatic carbocycles. The maximum Gasteiger partial charge on any atom is 0.319 e. The first kappa shape index (κ1) is 35.1. The Hall–Kier alpha value is -4.23. The van der Waals surface area contributed by atoms with Gasteiger partial charge in [0, 0.05) is 24.8 Å². The van der Waals surface area contributed by atoms with Gasteiger partial charge < -0.3 is 15.7 Å². The van der Waals surface area contributed by atoms with Crippen LogP contribution in [-0.2, 0) is 23.7 Å². The molecular formula is C41H49F2N3O2. The van der Waals surface area contributed by atoms with Crippen molar-refractivity contribution in [1.82, 2.24) is 10.2 Å². The molecule has 5 nitrogen and oxygen atoms in total. The van der Waals surface area contributed by atoms with Gasteiger partial charge in [0.2, 0.25) is 0 Å². The van der Waals surface area contributed by atoms with Crippen LogP contribution in [0, 0.1) is 11.6 Å².